The summed E-state index contributed by atoms with van der Waals surface area (Å²) in [6.45, 7) is 3.63. The summed E-state index contributed by atoms with van der Waals surface area (Å²) in [6.07, 6.45) is 0. The van der Waals surface area contributed by atoms with Gasteiger partial charge in [0.15, 0.2) is 0 Å². The number of benzene rings is 1. The lowest BCUT2D eigenvalue weighted by Gasteiger charge is -2.11. The van der Waals surface area contributed by atoms with Gasteiger partial charge in [0.2, 0.25) is 5.88 Å². The van der Waals surface area contributed by atoms with Crippen molar-refractivity contribution in [2.45, 2.75) is 20.5 Å². The first kappa shape index (κ1) is 14.5. The summed E-state index contributed by atoms with van der Waals surface area (Å²) in [7, 11) is 0. The zero-order valence-electron chi connectivity index (χ0n) is 11.1. The van der Waals surface area contributed by atoms with Crippen molar-refractivity contribution in [2.75, 3.05) is 0 Å². The molecule has 104 valence electrons. The molecule has 0 aliphatic carbocycles. The molecule has 0 saturated carbocycles. The Kier molecular flexibility index (Phi) is 4.34. The molecule has 0 spiro atoms. The lowest BCUT2D eigenvalue weighted by molar-refractivity contribution is 0.0689. The second kappa shape index (κ2) is 6.00. The first-order chi connectivity index (χ1) is 9.50. The molecule has 0 saturated heterocycles. The van der Waals surface area contributed by atoms with E-state index in [1.54, 1.807) is 13.8 Å². The number of halogens is 1. The summed E-state index contributed by atoms with van der Waals surface area (Å²) in [5.41, 5.74) is 2.11. The van der Waals surface area contributed by atoms with E-state index in [2.05, 4.69) is 26.1 Å². The van der Waals surface area contributed by atoms with Gasteiger partial charge in [0.1, 0.15) is 12.2 Å². The van der Waals surface area contributed by atoms with Crippen molar-refractivity contribution in [1.82, 2.24) is 10.2 Å². The minimum Gasteiger partial charge on any atom is -0.477 e. The third-order valence-electron chi connectivity index (χ3n) is 2.96. The minimum atomic E-state index is -1.07. The van der Waals surface area contributed by atoms with Crippen molar-refractivity contribution < 1.29 is 14.6 Å². The normalized spacial score (nSPS) is 10.3. The molecular formula is C14H13BrN2O3. The minimum absolute atomic E-state index is 0.0383. The number of aryl methyl sites for hydroxylation is 1. The Bertz CT molecular complexity index is 659. The van der Waals surface area contributed by atoms with Gasteiger partial charge in [-0.2, -0.15) is 5.10 Å². The highest BCUT2D eigenvalue weighted by Gasteiger charge is 2.19. The van der Waals surface area contributed by atoms with Crippen LogP contribution < -0.4 is 4.74 Å². The predicted octanol–water partition coefficient (Wildman–Crippen LogP) is 3.13. The molecule has 0 atom stereocenters. The number of rotatable bonds is 4. The van der Waals surface area contributed by atoms with Crippen LogP contribution in [0.25, 0.3) is 0 Å². The van der Waals surface area contributed by atoms with Crippen molar-refractivity contribution in [2.24, 2.45) is 0 Å². The molecule has 20 heavy (non-hydrogen) atoms. The van der Waals surface area contributed by atoms with Gasteiger partial charge in [-0.15, -0.1) is 5.10 Å². The number of hydrogen-bond donors (Lipinski definition) is 1. The maximum atomic E-state index is 11.3. The van der Waals surface area contributed by atoms with E-state index in [4.69, 9.17) is 4.74 Å². The summed E-state index contributed by atoms with van der Waals surface area (Å²) in [4.78, 5) is 11.3. The summed E-state index contributed by atoms with van der Waals surface area (Å²) in [6, 6.07) is 7.56. The van der Waals surface area contributed by atoms with Gasteiger partial charge in [0.05, 0.1) is 5.69 Å². The summed E-state index contributed by atoms with van der Waals surface area (Å²) in [5, 5.41) is 17.0. The first-order valence-corrected chi connectivity index (χ1v) is 6.73. The van der Waals surface area contributed by atoms with E-state index in [9.17, 15) is 9.90 Å². The Labute approximate surface area is 124 Å². The van der Waals surface area contributed by atoms with Crippen LogP contribution in [0, 0.1) is 13.8 Å². The summed E-state index contributed by atoms with van der Waals surface area (Å²) in [5.74, 6) is -1.03. The van der Waals surface area contributed by atoms with Gasteiger partial charge >= 0.3 is 5.97 Å². The highest BCUT2D eigenvalue weighted by molar-refractivity contribution is 9.10. The van der Waals surface area contributed by atoms with Crippen molar-refractivity contribution in [3.63, 3.8) is 0 Å². The van der Waals surface area contributed by atoms with Crippen LogP contribution in [0.1, 0.15) is 27.2 Å². The maximum Gasteiger partial charge on any atom is 0.341 e. The monoisotopic (exact) mass is 336 g/mol. The van der Waals surface area contributed by atoms with Gasteiger partial charge in [0, 0.05) is 10.0 Å². The van der Waals surface area contributed by atoms with E-state index >= 15 is 0 Å². The molecule has 1 aromatic heterocycles. The quantitative estimate of drug-likeness (QED) is 0.928. The van der Waals surface area contributed by atoms with E-state index in [0.29, 0.717) is 11.3 Å². The molecule has 0 aliphatic heterocycles. The number of ether oxygens (including phenoxy) is 1. The van der Waals surface area contributed by atoms with E-state index in [1.165, 1.54) is 0 Å². The molecule has 0 amide bonds. The number of aromatic nitrogens is 2. The van der Waals surface area contributed by atoms with Crippen molar-refractivity contribution in [1.29, 1.82) is 0 Å². The molecule has 1 aromatic carbocycles. The fourth-order valence-electron chi connectivity index (χ4n) is 1.70. The first-order valence-electron chi connectivity index (χ1n) is 5.94. The highest BCUT2D eigenvalue weighted by Crippen LogP contribution is 2.23. The second-order valence-electron chi connectivity index (χ2n) is 4.28. The molecule has 0 fully saturated rings. The zero-order valence-corrected chi connectivity index (χ0v) is 12.6. The van der Waals surface area contributed by atoms with Crippen LogP contribution in [0.4, 0.5) is 0 Å². The molecule has 5 nitrogen and oxygen atoms in total. The van der Waals surface area contributed by atoms with Crippen LogP contribution in [-0.2, 0) is 6.61 Å². The van der Waals surface area contributed by atoms with Crippen molar-refractivity contribution in [3.05, 3.63) is 51.1 Å². The fourth-order valence-corrected chi connectivity index (χ4v) is 2.10. The van der Waals surface area contributed by atoms with E-state index in [1.807, 2.05) is 24.3 Å². The van der Waals surface area contributed by atoms with Gasteiger partial charge in [-0.25, -0.2) is 4.79 Å². The molecule has 6 heteroatoms. The largest absolute Gasteiger partial charge is 0.477 e. The number of nitrogens with zero attached hydrogens (tertiary/aromatic N) is 2. The molecular weight excluding hydrogens is 324 g/mol. The molecule has 2 aromatic rings. The Morgan fingerprint density at radius 1 is 1.30 bits per heavy atom. The molecule has 2 rings (SSSR count). The molecule has 0 aliphatic rings. The standard InChI is InChI=1S/C14H13BrN2O3/c1-8-9(2)16-17-13(12(8)14(18)19)20-7-10-5-3-4-6-11(10)15/h3-6H,7H2,1-2H3,(H,18,19). The lowest BCUT2D eigenvalue weighted by atomic mass is 10.1. The Balaban J connectivity index is 2.29. The second-order valence-corrected chi connectivity index (χ2v) is 5.13. The van der Waals surface area contributed by atoms with Gasteiger partial charge in [-0.1, -0.05) is 34.1 Å². The topological polar surface area (TPSA) is 72.3 Å². The van der Waals surface area contributed by atoms with E-state index in [-0.39, 0.29) is 18.1 Å². The van der Waals surface area contributed by atoms with Crippen molar-refractivity contribution in [3.8, 4) is 5.88 Å². The molecule has 1 heterocycles. The smallest absolute Gasteiger partial charge is 0.341 e. The third kappa shape index (κ3) is 2.96. The fraction of sp³-hybridized carbons (Fsp3) is 0.214. The van der Waals surface area contributed by atoms with Crippen LogP contribution in [0.15, 0.2) is 28.7 Å². The van der Waals surface area contributed by atoms with Crippen LogP contribution in [-0.4, -0.2) is 21.3 Å². The van der Waals surface area contributed by atoms with Gasteiger partial charge in [0.25, 0.3) is 0 Å². The number of carboxylic acids is 1. The van der Waals surface area contributed by atoms with Gasteiger partial charge in [-0.05, 0) is 25.5 Å². The van der Waals surface area contributed by atoms with Crippen LogP contribution in [0.3, 0.4) is 0 Å². The predicted molar refractivity (Wildman–Crippen MR) is 76.9 cm³/mol. The SMILES string of the molecule is Cc1nnc(OCc2ccccc2Br)c(C(=O)O)c1C. The van der Waals surface area contributed by atoms with Gasteiger partial charge in [-0.3, -0.25) is 0 Å². The molecule has 1 N–H and O–H groups in total. The average Bonchev–Trinajstić information content (AvgIpc) is 2.41. The summed E-state index contributed by atoms with van der Waals surface area (Å²) < 4.78 is 6.41. The molecule has 0 radical (unpaired) electrons. The molecule has 0 bridgehead atoms. The van der Waals surface area contributed by atoms with Crippen molar-refractivity contribution >= 4 is 21.9 Å². The zero-order chi connectivity index (χ0) is 14.7. The van der Waals surface area contributed by atoms with Crippen LogP contribution in [0.5, 0.6) is 5.88 Å². The number of carbonyl (C=O) groups is 1. The van der Waals surface area contributed by atoms with Crippen LogP contribution in [0.2, 0.25) is 0 Å². The number of carboxylic acid groups (broad SMARTS) is 1. The number of aromatic carboxylic acids is 1. The van der Waals surface area contributed by atoms with Crippen LogP contribution >= 0.6 is 15.9 Å². The summed E-state index contributed by atoms with van der Waals surface area (Å²) >= 11 is 3.41. The van der Waals surface area contributed by atoms with Gasteiger partial charge < -0.3 is 9.84 Å². The Hall–Kier alpha value is -1.95. The third-order valence-corrected chi connectivity index (χ3v) is 3.73. The highest BCUT2D eigenvalue weighted by atomic mass is 79.9. The Morgan fingerprint density at radius 3 is 2.65 bits per heavy atom. The maximum absolute atomic E-state index is 11.3. The van der Waals surface area contributed by atoms with E-state index < -0.39 is 5.97 Å². The Morgan fingerprint density at radius 2 is 2.00 bits per heavy atom. The molecule has 0 unspecified atom stereocenters. The van der Waals surface area contributed by atoms with E-state index in [0.717, 1.165) is 10.0 Å². The number of hydrogen-bond acceptors (Lipinski definition) is 4. The average molecular weight is 337 g/mol. The lowest BCUT2D eigenvalue weighted by Crippen LogP contribution is -2.10.